The highest BCUT2D eigenvalue weighted by Gasteiger charge is 2.18. The number of nitrogens with zero attached hydrogens (tertiary/aromatic N) is 2. The minimum Gasteiger partial charge on any atom is -0.461 e. The highest BCUT2D eigenvalue weighted by atomic mass is 19.1. The predicted molar refractivity (Wildman–Crippen MR) is 84.5 cm³/mol. The molecule has 23 heavy (non-hydrogen) atoms. The van der Waals surface area contributed by atoms with E-state index in [1.54, 1.807) is 6.92 Å². The monoisotopic (exact) mass is 319 g/mol. The van der Waals surface area contributed by atoms with E-state index in [4.69, 9.17) is 4.74 Å². The first kappa shape index (κ1) is 16.7. The number of hydrogen-bond donors (Lipinski definition) is 1. The average Bonchev–Trinajstić information content (AvgIpc) is 2.48. The third-order valence-corrected chi connectivity index (χ3v) is 2.92. The molecule has 7 heteroatoms. The second-order valence-corrected chi connectivity index (χ2v) is 5.15. The molecule has 1 N–H and O–H groups in total. The molecule has 0 amide bonds. The zero-order valence-electron chi connectivity index (χ0n) is 13.2. The Kier molecular flexibility index (Phi) is 5.10. The van der Waals surface area contributed by atoms with E-state index in [2.05, 4.69) is 10.4 Å². The summed E-state index contributed by atoms with van der Waals surface area (Å²) in [5.41, 5.74) is 0.233. The number of benzene rings is 1. The lowest BCUT2D eigenvalue weighted by Crippen LogP contribution is -2.27. The maximum atomic E-state index is 13.0. The fourth-order valence-corrected chi connectivity index (χ4v) is 1.99. The molecule has 1 aromatic heterocycles. The number of aromatic nitrogens is 2. The molecule has 0 aliphatic heterocycles. The maximum absolute atomic E-state index is 13.0. The van der Waals surface area contributed by atoms with Crippen LogP contribution in [0.4, 0.5) is 10.1 Å². The average molecular weight is 319 g/mol. The van der Waals surface area contributed by atoms with Gasteiger partial charge in [0.15, 0.2) is 5.69 Å². The molecule has 1 heterocycles. The van der Waals surface area contributed by atoms with Crippen molar-refractivity contribution in [2.45, 2.75) is 26.8 Å². The number of halogens is 1. The van der Waals surface area contributed by atoms with Crippen LogP contribution in [0.1, 0.15) is 31.3 Å². The molecule has 0 fully saturated rings. The third-order valence-electron chi connectivity index (χ3n) is 2.92. The van der Waals surface area contributed by atoms with Crippen LogP contribution < -0.4 is 10.9 Å². The summed E-state index contributed by atoms with van der Waals surface area (Å²) >= 11 is 0. The van der Waals surface area contributed by atoms with Gasteiger partial charge in [-0.3, -0.25) is 4.79 Å². The molecule has 0 saturated carbocycles. The molecule has 0 unspecified atom stereocenters. The Morgan fingerprint density at radius 2 is 2.00 bits per heavy atom. The standard InChI is InChI=1S/C16H18FN3O3/c1-4-23-16(22)15-13(18-10(2)3)9-14(21)20(19-15)12-7-5-11(17)6-8-12/h5-10,18H,4H2,1-3H3. The summed E-state index contributed by atoms with van der Waals surface area (Å²) < 4.78 is 19.0. The lowest BCUT2D eigenvalue weighted by Gasteiger charge is -2.14. The van der Waals surface area contributed by atoms with Crippen LogP contribution >= 0.6 is 0 Å². The second-order valence-electron chi connectivity index (χ2n) is 5.15. The van der Waals surface area contributed by atoms with E-state index >= 15 is 0 Å². The Bertz CT molecular complexity index is 754. The molecule has 0 saturated heterocycles. The summed E-state index contributed by atoms with van der Waals surface area (Å²) in [6.45, 7) is 5.63. The highest BCUT2D eigenvalue weighted by molar-refractivity contribution is 5.93. The molecule has 122 valence electrons. The van der Waals surface area contributed by atoms with Crippen molar-refractivity contribution in [3.63, 3.8) is 0 Å². The summed E-state index contributed by atoms with van der Waals surface area (Å²) in [5.74, 6) is -1.06. The van der Waals surface area contributed by atoms with E-state index in [-0.39, 0.29) is 18.3 Å². The summed E-state index contributed by atoms with van der Waals surface area (Å²) in [7, 11) is 0. The smallest absolute Gasteiger partial charge is 0.360 e. The normalized spacial score (nSPS) is 10.7. The van der Waals surface area contributed by atoms with Crippen LogP contribution in [-0.2, 0) is 4.74 Å². The molecule has 0 aliphatic rings. The third kappa shape index (κ3) is 3.94. The van der Waals surface area contributed by atoms with Crippen molar-refractivity contribution in [2.75, 3.05) is 11.9 Å². The minimum atomic E-state index is -0.633. The Hall–Kier alpha value is -2.70. The van der Waals surface area contributed by atoms with E-state index in [0.29, 0.717) is 11.4 Å². The zero-order valence-corrected chi connectivity index (χ0v) is 13.2. The molecule has 0 bridgehead atoms. The Balaban J connectivity index is 2.56. The zero-order chi connectivity index (χ0) is 17.0. The van der Waals surface area contributed by atoms with E-state index in [9.17, 15) is 14.0 Å². The SMILES string of the molecule is CCOC(=O)c1nn(-c2ccc(F)cc2)c(=O)cc1NC(C)C. The van der Waals surface area contributed by atoms with E-state index in [1.807, 2.05) is 13.8 Å². The van der Waals surface area contributed by atoms with Gasteiger partial charge in [-0.15, -0.1) is 0 Å². The van der Waals surface area contributed by atoms with Crippen molar-refractivity contribution >= 4 is 11.7 Å². The molecular weight excluding hydrogens is 301 g/mol. The van der Waals surface area contributed by atoms with E-state index in [0.717, 1.165) is 4.68 Å². The first-order valence-electron chi connectivity index (χ1n) is 7.26. The fraction of sp³-hybridized carbons (Fsp3) is 0.312. The number of ether oxygens (including phenoxy) is 1. The van der Waals surface area contributed by atoms with Crippen LogP contribution in [0.3, 0.4) is 0 Å². The fourth-order valence-electron chi connectivity index (χ4n) is 1.99. The van der Waals surface area contributed by atoms with Crippen LogP contribution in [0.5, 0.6) is 0 Å². The van der Waals surface area contributed by atoms with Gasteiger partial charge in [0.05, 0.1) is 18.0 Å². The highest BCUT2D eigenvalue weighted by Crippen LogP contribution is 2.15. The number of hydrogen-bond acceptors (Lipinski definition) is 5. The maximum Gasteiger partial charge on any atom is 0.360 e. The van der Waals surface area contributed by atoms with Crippen LogP contribution in [0, 0.1) is 5.82 Å². The molecular formula is C16H18FN3O3. The van der Waals surface area contributed by atoms with Crippen molar-refractivity contribution < 1.29 is 13.9 Å². The molecule has 2 rings (SSSR count). The molecule has 6 nitrogen and oxygen atoms in total. The van der Waals surface area contributed by atoms with Crippen molar-refractivity contribution in [3.8, 4) is 5.69 Å². The van der Waals surface area contributed by atoms with Crippen LogP contribution in [0.15, 0.2) is 35.1 Å². The molecule has 0 radical (unpaired) electrons. The first-order chi connectivity index (χ1) is 10.9. The van der Waals surface area contributed by atoms with E-state index in [1.165, 1.54) is 30.3 Å². The quantitative estimate of drug-likeness (QED) is 0.857. The van der Waals surface area contributed by atoms with E-state index < -0.39 is 17.3 Å². The van der Waals surface area contributed by atoms with Crippen LogP contribution in [0.2, 0.25) is 0 Å². The number of carbonyl (C=O) groups excluding carboxylic acids is 1. The summed E-state index contributed by atoms with van der Waals surface area (Å²) in [5, 5.41) is 7.09. The lowest BCUT2D eigenvalue weighted by molar-refractivity contribution is 0.0518. The van der Waals surface area contributed by atoms with Crippen LogP contribution in [-0.4, -0.2) is 28.4 Å². The van der Waals surface area contributed by atoms with Gasteiger partial charge in [0.2, 0.25) is 0 Å². The van der Waals surface area contributed by atoms with Crippen molar-refractivity contribution in [1.29, 1.82) is 0 Å². The van der Waals surface area contributed by atoms with Gasteiger partial charge >= 0.3 is 5.97 Å². The number of carbonyl (C=O) groups is 1. The largest absolute Gasteiger partial charge is 0.461 e. The summed E-state index contributed by atoms with van der Waals surface area (Å²) in [4.78, 5) is 24.4. The van der Waals surface area contributed by atoms with Gasteiger partial charge in [0.1, 0.15) is 5.82 Å². The van der Waals surface area contributed by atoms with Crippen molar-refractivity contribution in [2.24, 2.45) is 0 Å². The van der Waals surface area contributed by atoms with Gasteiger partial charge < -0.3 is 10.1 Å². The number of rotatable bonds is 5. The Labute approximate surface area is 132 Å². The predicted octanol–water partition coefficient (Wildman–Crippen LogP) is 2.37. The number of nitrogens with one attached hydrogen (secondary N) is 1. The minimum absolute atomic E-state index is 0.00414. The number of esters is 1. The van der Waals surface area contributed by atoms with Gasteiger partial charge in [-0.1, -0.05) is 0 Å². The Morgan fingerprint density at radius 1 is 1.35 bits per heavy atom. The van der Waals surface area contributed by atoms with Gasteiger partial charge in [-0.05, 0) is 45.0 Å². The van der Waals surface area contributed by atoms with Gasteiger partial charge in [-0.25, -0.2) is 9.18 Å². The van der Waals surface area contributed by atoms with Crippen LogP contribution in [0.25, 0.3) is 5.69 Å². The molecule has 0 atom stereocenters. The Morgan fingerprint density at radius 3 is 2.57 bits per heavy atom. The summed E-state index contributed by atoms with van der Waals surface area (Å²) in [6.07, 6.45) is 0. The molecule has 1 aromatic carbocycles. The van der Waals surface area contributed by atoms with Crippen molar-refractivity contribution in [3.05, 3.63) is 52.2 Å². The lowest BCUT2D eigenvalue weighted by atomic mass is 10.2. The first-order valence-corrected chi connectivity index (χ1v) is 7.26. The molecule has 0 aliphatic carbocycles. The topological polar surface area (TPSA) is 73.2 Å². The number of anilines is 1. The van der Waals surface area contributed by atoms with Crippen molar-refractivity contribution in [1.82, 2.24) is 9.78 Å². The second kappa shape index (κ2) is 7.04. The van der Waals surface area contributed by atoms with Gasteiger partial charge in [-0.2, -0.15) is 9.78 Å². The van der Waals surface area contributed by atoms with Gasteiger partial charge in [0.25, 0.3) is 5.56 Å². The molecule has 0 spiro atoms. The summed E-state index contributed by atoms with van der Waals surface area (Å²) in [6, 6.07) is 6.54. The van der Waals surface area contributed by atoms with Gasteiger partial charge in [0, 0.05) is 12.1 Å². The molecule has 2 aromatic rings.